The highest BCUT2D eigenvalue weighted by Crippen LogP contribution is 2.31. The number of ether oxygens (including phenoxy) is 1. The van der Waals surface area contributed by atoms with Crippen molar-refractivity contribution >= 4 is 35.0 Å². The van der Waals surface area contributed by atoms with Crippen LogP contribution in [-0.4, -0.2) is 14.8 Å². The van der Waals surface area contributed by atoms with Gasteiger partial charge in [-0.05, 0) is 41.3 Å². The summed E-state index contributed by atoms with van der Waals surface area (Å²) in [5.41, 5.74) is 2.19. The number of rotatable bonds is 7. The summed E-state index contributed by atoms with van der Waals surface area (Å²) in [4.78, 5) is 0. The molecular formula is C20H21Cl2N3OS. The summed E-state index contributed by atoms with van der Waals surface area (Å²) in [6, 6.07) is 13.7. The number of aromatic nitrogens is 3. The van der Waals surface area contributed by atoms with E-state index in [1.54, 1.807) is 11.8 Å². The minimum Gasteiger partial charge on any atom is -0.486 e. The highest BCUT2D eigenvalue weighted by Gasteiger charge is 2.12. The molecule has 3 rings (SSSR count). The van der Waals surface area contributed by atoms with Crippen LogP contribution in [0.2, 0.25) is 10.0 Å². The molecule has 27 heavy (non-hydrogen) atoms. The number of nitrogens with zero attached hydrogens (tertiary/aromatic N) is 3. The molecule has 0 atom stereocenters. The van der Waals surface area contributed by atoms with Crippen LogP contribution in [0.15, 0.2) is 47.6 Å². The fourth-order valence-electron chi connectivity index (χ4n) is 2.50. The van der Waals surface area contributed by atoms with Crippen LogP contribution in [0.5, 0.6) is 5.75 Å². The largest absolute Gasteiger partial charge is 0.486 e. The zero-order chi connectivity index (χ0) is 19.4. The van der Waals surface area contributed by atoms with E-state index in [4.69, 9.17) is 27.9 Å². The van der Waals surface area contributed by atoms with Crippen molar-refractivity contribution in [1.29, 1.82) is 0 Å². The molecule has 0 amide bonds. The Morgan fingerprint density at radius 1 is 1.04 bits per heavy atom. The highest BCUT2D eigenvalue weighted by atomic mass is 35.5. The smallest absolute Gasteiger partial charge is 0.191 e. The first-order valence-electron chi connectivity index (χ1n) is 8.62. The Morgan fingerprint density at radius 3 is 2.33 bits per heavy atom. The molecule has 7 heteroatoms. The van der Waals surface area contributed by atoms with E-state index in [0.29, 0.717) is 28.3 Å². The van der Waals surface area contributed by atoms with Gasteiger partial charge in [0.05, 0.1) is 0 Å². The zero-order valence-corrected chi connectivity index (χ0v) is 17.8. The fraction of sp³-hybridized carbons (Fsp3) is 0.300. The number of hydrogen-bond donors (Lipinski definition) is 0. The van der Waals surface area contributed by atoms with Crippen molar-refractivity contribution in [2.24, 2.45) is 7.05 Å². The van der Waals surface area contributed by atoms with Gasteiger partial charge in [-0.1, -0.05) is 67.0 Å². The van der Waals surface area contributed by atoms with E-state index in [9.17, 15) is 0 Å². The summed E-state index contributed by atoms with van der Waals surface area (Å²) < 4.78 is 7.78. The van der Waals surface area contributed by atoms with E-state index < -0.39 is 0 Å². The molecule has 0 aliphatic rings. The molecule has 1 aromatic heterocycles. The Morgan fingerprint density at radius 2 is 1.70 bits per heavy atom. The predicted octanol–water partition coefficient (Wildman–Crippen LogP) is 6.12. The molecule has 0 fully saturated rings. The molecule has 3 aromatic rings. The number of halogens is 2. The van der Waals surface area contributed by atoms with Crippen LogP contribution >= 0.6 is 35.0 Å². The number of hydrogen-bond acceptors (Lipinski definition) is 4. The van der Waals surface area contributed by atoms with Gasteiger partial charge in [-0.15, -0.1) is 10.2 Å². The Balaban J connectivity index is 1.61. The lowest BCUT2D eigenvalue weighted by atomic mass is 10.0. The summed E-state index contributed by atoms with van der Waals surface area (Å²) in [6.45, 7) is 4.70. The van der Waals surface area contributed by atoms with Crippen LogP contribution in [0.3, 0.4) is 0 Å². The molecule has 0 unspecified atom stereocenters. The standard InChI is InChI=1S/C20H21Cl2N3OS/c1-13(2)14-7-9-15(10-8-14)26-11-19-23-24-20(25(19)3)27-12-16-17(21)5-4-6-18(16)22/h4-10,13H,11-12H2,1-3H3. The third-order valence-electron chi connectivity index (χ3n) is 4.25. The molecule has 0 radical (unpaired) electrons. The van der Waals surface area contributed by atoms with Crippen molar-refractivity contribution in [2.75, 3.05) is 0 Å². The van der Waals surface area contributed by atoms with Crippen LogP contribution in [-0.2, 0) is 19.4 Å². The molecule has 0 N–H and O–H groups in total. The molecule has 0 saturated carbocycles. The van der Waals surface area contributed by atoms with Gasteiger partial charge in [-0.2, -0.15) is 0 Å². The van der Waals surface area contributed by atoms with Crippen LogP contribution in [0.1, 0.15) is 36.7 Å². The van der Waals surface area contributed by atoms with Crippen LogP contribution in [0, 0.1) is 0 Å². The minimum atomic E-state index is 0.359. The van der Waals surface area contributed by atoms with Crippen molar-refractivity contribution < 1.29 is 4.74 Å². The summed E-state index contributed by atoms with van der Waals surface area (Å²) in [7, 11) is 1.93. The molecular weight excluding hydrogens is 401 g/mol. The van der Waals surface area contributed by atoms with E-state index >= 15 is 0 Å². The predicted molar refractivity (Wildman–Crippen MR) is 112 cm³/mol. The lowest BCUT2D eigenvalue weighted by molar-refractivity contribution is 0.290. The lowest BCUT2D eigenvalue weighted by Gasteiger charge is -2.09. The average molecular weight is 422 g/mol. The number of thioether (sulfide) groups is 1. The van der Waals surface area contributed by atoms with Gasteiger partial charge in [0.25, 0.3) is 0 Å². The quantitative estimate of drug-likeness (QED) is 0.431. The van der Waals surface area contributed by atoms with Gasteiger partial charge < -0.3 is 9.30 Å². The molecule has 0 spiro atoms. The monoisotopic (exact) mass is 421 g/mol. The SMILES string of the molecule is CC(C)c1ccc(OCc2nnc(SCc3c(Cl)cccc3Cl)n2C)cc1. The maximum Gasteiger partial charge on any atom is 0.191 e. The van der Waals surface area contributed by atoms with Crippen LogP contribution in [0.25, 0.3) is 0 Å². The fourth-order valence-corrected chi connectivity index (χ4v) is 4.17. The Kier molecular flexibility index (Phi) is 6.68. The van der Waals surface area contributed by atoms with Crippen LogP contribution in [0.4, 0.5) is 0 Å². The molecule has 1 heterocycles. The summed E-state index contributed by atoms with van der Waals surface area (Å²) >= 11 is 14.0. The Labute approximate surface area is 173 Å². The normalized spacial score (nSPS) is 11.2. The summed E-state index contributed by atoms with van der Waals surface area (Å²) in [6.07, 6.45) is 0. The minimum absolute atomic E-state index is 0.359. The molecule has 2 aromatic carbocycles. The summed E-state index contributed by atoms with van der Waals surface area (Å²) in [5.74, 6) is 2.71. The van der Waals surface area contributed by atoms with E-state index in [1.165, 1.54) is 5.56 Å². The molecule has 0 aliphatic carbocycles. The molecule has 4 nitrogen and oxygen atoms in total. The van der Waals surface area contributed by atoms with Gasteiger partial charge in [-0.25, -0.2) is 0 Å². The van der Waals surface area contributed by atoms with Gasteiger partial charge in [0, 0.05) is 22.8 Å². The van der Waals surface area contributed by atoms with Crippen LogP contribution < -0.4 is 4.74 Å². The first-order chi connectivity index (χ1) is 13.0. The Hall–Kier alpha value is -1.69. The van der Waals surface area contributed by atoms with Crippen molar-refractivity contribution in [3.05, 3.63) is 69.5 Å². The van der Waals surface area contributed by atoms with Gasteiger partial charge in [-0.3, -0.25) is 0 Å². The van der Waals surface area contributed by atoms with E-state index in [-0.39, 0.29) is 0 Å². The second-order valence-electron chi connectivity index (χ2n) is 6.46. The first kappa shape index (κ1) is 20.1. The van der Waals surface area contributed by atoms with E-state index in [1.807, 2.05) is 41.9 Å². The maximum atomic E-state index is 6.23. The molecule has 0 aliphatic heterocycles. The van der Waals surface area contributed by atoms with E-state index in [2.05, 4.69) is 36.2 Å². The second-order valence-corrected chi connectivity index (χ2v) is 8.22. The molecule has 0 saturated heterocycles. The van der Waals surface area contributed by atoms with Gasteiger partial charge in [0.15, 0.2) is 11.0 Å². The molecule has 142 valence electrons. The second kappa shape index (κ2) is 9.00. The average Bonchev–Trinajstić information content (AvgIpc) is 3.00. The third-order valence-corrected chi connectivity index (χ3v) is 6.00. The summed E-state index contributed by atoms with van der Waals surface area (Å²) in [5, 5.41) is 10.6. The van der Waals surface area contributed by atoms with Gasteiger partial charge in [0.2, 0.25) is 0 Å². The van der Waals surface area contributed by atoms with Gasteiger partial charge >= 0.3 is 0 Å². The number of benzene rings is 2. The Bertz CT molecular complexity index is 890. The van der Waals surface area contributed by atoms with Gasteiger partial charge in [0.1, 0.15) is 12.4 Å². The first-order valence-corrected chi connectivity index (χ1v) is 10.4. The van der Waals surface area contributed by atoms with Crippen molar-refractivity contribution in [3.63, 3.8) is 0 Å². The topological polar surface area (TPSA) is 39.9 Å². The maximum absolute atomic E-state index is 6.23. The van der Waals surface area contributed by atoms with E-state index in [0.717, 1.165) is 22.3 Å². The lowest BCUT2D eigenvalue weighted by Crippen LogP contribution is -2.04. The van der Waals surface area contributed by atoms with Crippen molar-refractivity contribution in [1.82, 2.24) is 14.8 Å². The van der Waals surface area contributed by atoms with Crippen molar-refractivity contribution in [2.45, 2.75) is 37.3 Å². The third kappa shape index (κ3) is 4.98. The highest BCUT2D eigenvalue weighted by molar-refractivity contribution is 7.98. The molecule has 0 bridgehead atoms. The zero-order valence-electron chi connectivity index (χ0n) is 15.4. The van der Waals surface area contributed by atoms with Crippen molar-refractivity contribution in [3.8, 4) is 5.75 Å².